The molecule has 10 aromatic rings. The minimum absolute atomic E-state index is 0.594. The lowest BCUT2D eigenvalue weighted by Crippen LogP contribution is -2.00. The van der Waals surface area contributed by atoms with E-state index in [0.717, 1.165) is 55.3 Å². The number of rotatable bonds is 5. The van der Waals surface area contributed by atoms with Crippen molar-refractivity contribution < 1.29 is 4.42 Å². The van der Waals surface area contributed by atoms with Crippen LogP contribution >= 0.6 is 11.3 Å². The molecule has 0 bridgehead atoms. The topological polar surface area (TPSA) is 51.8 Å². The fourth-order valence-electron chi connectivity index (χ4n) is 6.97. The van der Waals surface area contributed by atoms with E-state index < -0.39 is 0 Å². The second kappa shape index (κ2) is 11.6. The molecular formula is C45H27N3OS. The molecular weight excluding hydrogens is 631 g/mol. The van der Waals surface area contributed by atoms with E-state index >= 15 is 0 Å². The number of furan rings is 1. The van der Waals surface area contributed by atoms with Gasteiger partial charge in [0.2, 0.25) is 0 Å². The van der Waals surface area contributed by atoms with Crippen LogP contribution in [0.15, 0.2) is 168 Å². The Morgan fingerprint density at radius 3 is 1.78 bits per heavy atom. The Labute approximate surface area is 292 Å². The summed E-state index contributed by atoms with van der Waals surface area (Å²) in [5.41, 5.74) is 8.91. The monoisotopic (exact) mass is 657 g/mol. The van der Waals surface area contributed by atoms with Crippen LogP contribution in [0.5, 0.6) is 0 Å². The molecule has 0 aliphatic rings. The highest BCUT2D eigenvalue weighted by atomic mass is 32.1. The van der Waals surface area contributed by atoms with Crippen molar-refractivity contribution in [1.82, 2.24) is 15.0 Å². The molecule has 0 spiro atoms. The maximum Gasteiger partial charge on any atom is 0.164 e. The van der Waals surface area contributed by atoms with Gasteiger partial charge in [-0.1, -0.05) is 133 Å². The maximum atomic E-state index is 6.76. The second-order valence-corrected chi connectivity index (χ2v) is 13.5. The number of aromatic nitrogens is 3. The number of hydrogen-bond donors (Lipinski definition) is 0. The van der Waals surface area contributed by atoms with Crippen molar-refractivity contribution in [3.63, 3.8) is 0 Å². The van der Waals surface area contributed by atoms with Gasteiger partial charge in [0.25, 0.3) is 0 Å². The standard InChI is InChI=1S/C45H27N3OS/c1-3-12-28(13-4-1)30-16-9-17-31(26-30)44-46-43(29-14-5-2-6-15-29)47-45(48-44)32-24-25-33-35-20-10-21-36(42(35)49-38(33)27-32)34-19-11-23-40-41(34)37-18-7-8-22-39(37)50-40/h1-27H. The molecule has 5 heteroatoms. The van der Waals surface area contributed by atoms with Gasteiger partial charge in [-0.3, -0.25) is 0 Å². The number of para-hydroxylation sites is 1. The highest BCUT2D eigenvalue weighted by Crippen LogP contribution is 2.43. The molecule has 10 rings (SSSR count). The van der Waals surface area contributed by atoms with Crippen LogP contribution in [0.25, 0.3) is 98.5 Å². The van der Waals surface area contributed by atoms with Gasteiger partial charge in [0.05, 0.1) is 0 Å². The van der Waals surface area contributed by atoms with Gasteiger partial charge in [-0.05, 0) is 47.0 Å². The van der Waals surface area contributed by atoms with Crippen molar-refractivity contribution in [2.24, 2.45) is 0 Å². The summed E-state index contributed by atoms with van der Waals surface area (Å²) in [5, 5.41) is 4.68. The summed E-state index contributed by atoms with van der Waals surface area (Å²) in [7, 11) is 0. The molecule has 0 amide bonds. The number of hydrogen-bond acceptors (Lipinski definition) is 5. The van der Waals surface area contributed by atoms with Gasteiger partial charge in [-0.15, -0.1) is 11.3 Å². The number of thiophene rings is 1. The molecule has 3 heterocycles. The first-order valence-electron chi connectivity index (χ1n) is 16.6. The summed E-state index contributed by atoms with van der Waals surface area (Å²) in [4.78, 5) is 15.0. The molecule has 0 saturated carbocycles. The highest BCUT2D eigenvalue weighted by molar-refractivity contribution is 7.25. The van der Waals surface area contributed by atoms with E-state index in [1.54, 1.807) is 0 Å². The summed E-state index contributed by atoms with van der Waals surface area (Å²) in [6.45, 7) is 0. The second-order valence-electron chi connectivity index (χ2n) is 12.4. The van der Waals surface area contributed by atoms with E-state index in [9.17, 15) is 0 Å². The Kier molecular flexibility index (Phi) is 6.64. The summed E-state index contributed by atoms with van der Waals surface area (Å²) < 4.78 is 9.32. The molecule has 234 valence electrons. The molecule has 0 aliphatic carbocycles. The quantitative estimate of drug-likeness (QED) is 0.185. The Balaban J connectivity index is 1.13. The van der Waals surface area contributed by atoms with Crippen LogP contribution in [0, 0.1) is 0 Å². The first kappa shape index (κ1) is 28.6. The molecule has 0 atom stereocenters. The summed E-state index contributed by atoms with van der Waals surface area (Å²) >= 11 is 1.83. The fraction of sp³-hybridized carbons (Fsp3) is 0. The van der Waals surface area contributed by atoms with Crippen LogP contribution in [0.3, 0.4) is 0 Å². The normalized spacial score (nSPS) is 11.6. The smallest absolute Gasteiger partial charge is 0.164 e. The Morgan fingerprint density at radius 2 is 0.960 bits per heavy atom. The molecule has 4 nitrogen and oxygen atoms in total. The van der Waals surface area contributed by atoms with Crippen molar-refractivity contribution in [2.45, 2.75) is 0 Å². The van der Waals surface area contributed by atoms with Crippen molar-refractivity contribution in [1.29, 1.82) is 0 Å². The van der Waals surface area contributed by atoms with Crippen LogP contribution in [0.1, 0.15) is 0 Å². The summed E-state index contributed by atoms with van der Waals surface area (Å²) in [5.74, 6) is 1.84. The van der Waals surface area contributed by atoms with Crippen LogP contribution in [0.2, 0.25) is 0 Å². The van der Waals surface area contributed by atoms with Crippen LogP contribution in [-0.4, -0.2) is 15.0 Å². The third-order valence-corrected chi connectivity index (χ3v) is 10.5. The van der Waals surface area contributed by atoms with Crippen molar-refractivity contribution in [2.75, 3.05) is 0 Å². The van der Waals surface area contributed by atoms with Gasteiger partial charge in [-0.25, -0.2) is 15.0 Å². The minimum Gasteiger partial charge on any atom is -0.455 e. The molecule has 0 saturated heterocycles. The van der Waals surface area contributed by atoms with E-state index in [4.69, 9.17) is 19.4 Å². The molecule has 0 unspecified atom stereocenters. The SMILES string of the molecule is c1ccc(-c2cccc(-c3nc(-c4ccccc4)nc(-c4ccc5c(c4)oc4c(-c6cccc7sc8ccccc8c67)cccc45)n3)c2)cc1. The maximum absolute atomic E-state index is 6.76. The Morgan fingerprint density at radius 1 is 0.380 bits per heavy atom. The molecule has 0 radical (unpaired) electrons. The zero-order valence-electron chi connectivity index (χ0n) is 26.7. The van der Waals surface area contributed by atoms with Gasteiger partial charge < -0.3 is 4.42 Å². The van der Waals surface area contributed by atoms with Gasteiger partial charge in [0, 0.05) is 53.2 Å². The number of fused-ring (bicyclic) bond motifs is 6. The third kappa shape index (κ3) is 4.79. The van der Waals surface area contributed by atoms with Crippen molar-refractivity contribution in [3.8, 4) is 56.4 Å². The lowest BCUT2D eigenvalue weighted by atomic mass is 9.97. The molecule has 7 aromatic carbocycles. The molecule has 0 fully saturated rings. The van der Waals surface area contributed by atoms with E-state index in [1.807, 2.05) is 47.7 Å². The average molecular weight is 658 g/mol. The molecule has 50 heavy (non-hydrogen) atoms. The Hall–Kier alpha value is -6.43. The number of benzene rings is 7. The van der Waals surface area contributed by atoms with Gasteiger partial charge in [-0.2, -0.15) is 0 Å². The van der Waals surface area contributed by atoms with E-state index in [1.165, 1.54) is 25.7 Å². The summed E-state index contributed by atoms with van der Waals surface area (Å²) in [6.07, 6.45) is 0. The van der Waals surface area contributed by atoms with Crippen LogP contribution in [0.4, 0.5) is 0 Å². The van der Waals surface area contributed by atoms with E-state index in [-0.39, 0.29) is 0 Å². The zero-order chi connectivity index (χ0) is 33.0. The largest absolute Gasteiger partial charge is 0.455 e. The summed E-state index contributed by atoms with van der Waals surface area (Å²) in [6, 6.07) is 56.7. The number of nitrogens with zero attached hydrogens (tertiary/aromatic N) is 3. The lowest BCUT2D eigenvalue weighted by molar-refractivity contribution is 0.670. The molecule has 3 aromatic heterocycles. The lowest BCUT2D eigenvalue weighted by Gasteiger charge is -2.09. The highest BCUT2D eigenvalue weighted by Gasteiger charge is 2.18. The molecule has 0 aliphatic heterocycles. The third-order valence-electron chi connectivity index (χ3n) is 9.35. The zero-order valence-corrected chi connectivity index (χ0v) is 27.6. The predicted octanol–water partition coefficient (Wildman–Crippen LogP) is 12.5. The first-order chi connectivity index (χ1) is 24.8. The van der Waals surface area contributed by atoms with E-state index in [0.29, 0.717) is 17.5 Å². The Bertz CT molecular complexity index is 2870. The van der Waals surface area contributed by atoms with Crippen molar-refractivity contribution in [3.05, 3.63) is 164 Å². The van der Waals surface area contributed by atoms with Crippen LogP contribution in [-0.2, 0) is 0 Å². The molecule has 0 N–H and O–H groups in total. The van der Waals surface area contributed by atoms with Gasteiger partial charge >= 0.3 is 0 Å². The van der Waals surface area contributed by atoms with Crippen molar-refractivity contribution >= 4 is 53.4 Å². The minimum atomic E-state index is 0.594. The van der Waals surface area contributed by atoms with Crippen LogP contribution < -0.4 is 0 Å². The predicted molar refractivity (Wildman–Crippen MR) is 207 cm³/mol. The van der Waals surface area contributed by atoms with Gasteiger partial charge in [0.15, 0.2) is 17.5 Å². The first-order valence-corrected chi connectivity index (χ1v) is 17.4. The fourth-order valence-corrected chi connectivity index (χ4v) is 8.10. The van der Waals surface area contributed by atoms with E-state index in [2.05, 4.69) is 127 Å². The van der Waals surface area contributed by atoms with Gasteiger partial charge in [0.1, 0.15) is 11.2 Å². The average Bonchev–Trinajstić information content (AvgIpc) is 3.77.